The van der Waals surface area contributed by atoms with Crippen molar-refractivity contribution in [1.82, 2.24) is 4.98 Å². The van der Waals surface area contributed by atoms with E-state index in [1.54, 1.807) is 6.07 Å². The molecule has 0 aliphatic carbocycles. The van der Waals surface area contributed by atoms with Gasteiger partial charge in [-0.1, -0.05) is 133 Å². The molecular formula is C47H32IrN-. The van der Waals surface area contributed by atoms with Crippen molar-refractivity contribution in [3.63, 3.8) is 0 Å². The Labute approximate surface area is 307 Å². The van der Waals surface area contributed by atoms with E-state index >= 15 is 0 Å². The van der Waals surface area contributed by atoms with Crippen molar-refractivity contribution in [2.24, 2.45) is 0 Å². The average molecular weight is 807 g/mol. The van der Waals surface area contributed by atoms with Crippen molar-refractivity contribution in [2.75, 3.05) is 0 Å². The summed E-state index contributed by atoms with van der Waals surface area (Å²) in [5.41, 5.74) is 14.1. The minimum absolute atomic E-state index is 0. The average Bonchev–Trinajstić information content (AvgIpc) is 3.22. The third-order valence-electron chi connectivity index (χ3n) is 8.61. The second kappa shape index (κ2) is 14.6. The normalized spacial score (nSPS) is 11.8. The van der Waals surface area contributed by atoms with E-state index in [-0.39, 0.29) is 50.1 Å². The van der Waals surface area contributed by atoms with E-state index in [0.29, 0.717) is 5.56 Å². The van der Waals surface area contributed by atoms with Crippen molar-refractivity contribution in [1.29, 1.82) is 0 Å². The molecule has 49 heavy (non-hydrogen) atoms. The van der Waals surface area contributed by atoms with E-state index in [2.05, 4.69) is 145 Å². The molecule has 1 nitrogen and oxygen atoms in total. The SMILES string of the molecule is [2H]c1nc(-c2[c-]ccc(-c3cccc(-c4cccc(-c5cccc(-c6cccc(-c7cccc(-c8ccccc8)c7)c6)c5)c4)c3)c2)c([2H])c([2H])c1[2H].[Ir]. The second-order valence-corrected chi connectivity index (χ2v) is 11.7. The summed E-state index contributed by atoms with van der Waals surface area (Å²) in [4.78, 5) is 4.14. The summed E-state index contributed by atoms with van der Waals surface area (Å²) >= 11 is 0. The molecule has 0 fully saturated rings. The van der Waals surface area contributed by atoms with E-state index in [1.807, 2.05) is 30.3 Å². The van der Waals surface area contributed by atoms with Crippen molar-refractivity contribution in [3.8, 4) is 78.0 Å². The van der Waals surface area contributed by atoms with E-state index in [4.69, 9.17) is 5.48 Å². The van der Waals surface area contributed by atoms with Gasteiger partial charge in [0.05, 0.1) is 5.48 Å². The zero-order valence-corrected chi connectivity index (χ0v) is 28.8. The van der Waals surface area contributed by atoms with Gasteiger partial charge in [0.2, 0.25) is 0 Å². The Hall–Kier alpha value is -5.66. The second-order valence-electron chi connectivity index (χ2n) is 11.7. The number of hydrogen-bond donors (Lipinski definition) is 0. The van der Waals surface area contributed by atoms with E-state index in [1.165, 1.54) is 22.3 Å². The standard InChI is InChI=1S/C47H32N.Ir/c1-2-12-34(13-3-1)35-14-6-15-36(28-35)37-16-7-17-38(29-37)39-18-8-19-40(30-39)41-20-9-21-42(31-41)43-22-10-23-44(32-43)45-24-11-25-46(33-45)47-26-4-5-27-48-47;/h1-24,26-33H;/q-1;/i4D,5D,26D,27D;. The van der Waals surface area contributed by atoms with Crippen LogP contribution in [0.3, 0.4) is 0 Å². The van der Waals surface area contributed by atoms with Gasteiger partial charge in [-0.3, -0.25) is 0 Å². The monoisotopic (exact) mass is 807 g/mol. The molecule has 8 rings (SSSR count). The summed E-state index contributed by atoms with van der Waals surface area (Å²) < 4.78 is 32.2. The zero-order valence-electron chi connectivity index (χ0n) is 30.4. The largest absolute Gasteiger partial charge is 0.305 e. The molecule has 0 unspecified atom stereocenters. The fourth-order valence-corrected chi connectivity index (χ4v) is 6.16. The smallest absolute Gasteiger partial charge is 0.0830 e. The van der Waals surface area contributed by atoms with Crippen molar-refractivity contribution >= 4 is 0 Å². The van der Waals surface area contributed by atoms with Crippen LogP contribution in [0, 0.1) is 6.07 Å². The molecular weight excluding hydrogens is 771 g/mol. The molecule has 235 valence electrons. The van der Waals surface area contributed by atoms with Crippen LogP contribution in [0.25, 0.3) is 78.0 Å². The summed E-state index contributed by atoms with van der Waals surface area (Å²) in [5.74, 6) is 0. The first-order valence-corrected chi connectivity index (χ1v) is 16.0. The van der Waals surface area contributed by atoms with Crippen LogP contribution in [0.4, 0.5) is 0 Å². The maximum Gasteiger partial charge on any atom is 0.0830 e. The minimum atomic E-state index is -0.346. The summed E-state index contributed by atoms with van der Waals surface area (Å²) in [6.07, 6.45) is -0.319. The molecule has 0 bridgehead atoms. The van der Waals surface area contributed by atoms with Gasteiger partial charge in [0.1, 0.15) is 0 Å². The van der Waals surface area contributed by atoms with Crippen molar-refractivity contribution in [2.45, 2.75) is 0 Å². The van der Waals surface area contributed by atoms with Crippen LogP contribution in [-0.4, -0.2) is 4.98 Å². The molecule has 0 aliphatic heterocycles. The van der Waals surface area contributed by atoms with Crippen LogP contribution >= 0.6 is 0 Å². The quantitative estimate of drug-likeness (QED) is 0.146. The predicted octanol–water partition coefficient (Wildman–Crippen LogP) is 12.5. The van der Waals surface area contributed by atoms with Gasteiger partial charge in [-0.05, 0) is 103 Å². The maximum absolute atomic E-state index is 8.35. The van der Waals surface area contributed by atoms with E-state index in [0.717, 1.165) is 44.5 Å². The molecule has 8 aromatic rings. The van der Waals surface area contributed by atoms with Gasteiger partial charge < -0.3 is 4.98 Å². The van der Waals surface area contributed by atoms with Crippen LogP contribution in [0.1, 0.15) is 5.48 Å². The topological polar surface area (TPSA) is 12.9 Å². The molecule has 1 heterocycles. The Kier molecular flexibility index (Phi) is 8.15. The number of nitrogens with zero attached hydrogens (tertiary/aromatic N) is 1. The number of benzene rings is 7. The van der Waals surface area contributed by atoms with Gasteiger partial charge in [-0.15, -0.1) is 35.4 Å². The number of aromatic nitrogens is 1. The predicted molar refractivity (Wildman–Crippen MR) is 201 cm³/mol. The van der Waals surface area contributed by atoms with Gasteiger partial charge in [0.15, 0.2) is 0 Å². The van der Waals surface area contributed by atoms with Gasteiger partial charge in [0, 0.05) is 26.3 Å². The number of rotatable bonds is 7. The first-order chi connectivity index (χ1) is 25.4. The molecule has 0 spiro atoms. The molecule has 0 amide bonds. The Morgan fingerprint density at radius 1 is 0.388 bits per heavy atom. The molecule has 0 atom stereocenters. The summed E-state index contributed by atoms with van der Waals surface area (Å²) in [7, 11) is 0. The Morgan fingerprint density at radius 2 is 0.755 bits per heavy atom. The zero-order chi connectivity index (χ0) is 35.6. The molecule has 0 aliphatic rings. The number of pyridine rings is 1. The van der Waals surface area contributed by atoms with Crippen LogP contribution in [0.5, 0.6) is 0 Å². The van der Waals surface area contributed by atoms with Crippen molar-refractivity contribution in [3.05, 3.63) is 200 Å². The number of hydrogen-bond acceptors (Lipinski definition) is 1. The van der Waals surface area contributed by atoms with Gasteiger partial charge in [0.25, 0.3) is 0 Å². The molecule has 2 heteroatoms. The van der Waals surface area contributed by atoms with Crippen LogP contribution in [0.15, 0.2) is 194 Å². The first kappa shape index (κ1) is 27.3. The Balaban J connectivity index is 0.00000435. The molecule has 1 radical (unpaired) electrons. The first-order valence-electron chi connectivity index (χ1n) is 18.0. The fraction of sp³-hybridized carbons (Fsp3) is 0. The third kappa shape index (κ3) is 7.12. The minimum Gasteiger partial charge on any atom is -0.305 e. The van der Waals surface area contributed by atoms with Crippen LogP contribution < -0.4 is 0 Å². The van der Waals surface area contributed by atoms with Gasteiger partial charge in [-0.2, -0.15) is 0 Å². The summed E-state index contributed by atoms with van der Waals surface area (Å²) in [5, 5.41) is 0. The molecule has 1 aromatic heterocycles. The van der Waals surface area contributed by atoms with Crippen LogP contribution in [0.2, 0.25) is 0 Å². The van der Waals surface area contributed by atoms with E-state index < -0.39 is 0 Å². The summed E-state index contributed by atoms with van der Waals surface area (Å²) in [6.45, 7) is 0. The van der Waals surface area contributed by atoms with Crippen LogP contribution in [-0.2, 0) is 20.1 Å². The van der Waals surface area contributed by atoms with E-state index in [9.17, 15) is 0 Å². The third-order valence-corrected chi connectivity index (χ3v) is 8.61. The maximum atomic E-state index is 8.35. The van der Waals surface area contributed by atoms with Crippen molar-refractivity contribution < 1.29 is 25.6 Å². The molecule has 0 saturated carbocycles. The Morgan fingerprint density at radius 3 is 1.18 bits per heavy atom. The Bertz CT molecular complexity index is 2580. The molecule has 7 aromatic carbocycles. The van der Waals surface area contributed by atoms with Gasteiger partial charge >= 0.3 is 0 Å². The molecule has 0 N–H and O–H groups in total. The fourth-order valence-electron chi connectivity index (χ4n) is 6.16. The summed E-state index contributed by atoms with van der Waals surface area (Å²) in [6, 6.07) is 61.4. The van der Waals surface area contributed by atoms with Gasteiger partial charge in [-0.25, -0.2) is 0 Å². The molecule has 0 saturated heterocycles.